The largest absolute Gasteiger partial charge is 0.468 e. The Labute approximate surface area is 96.5 Å². The fourth-order valence-corrected chi connectivity index (χ4v) is 1.37. The molecule has 0 aromatic carbocycles. The van der Waals surface area contributed by atoms with E-state index in [2.05, 4.69) is 14.8 Å². The summed E-state index contributed by atoms with van der Waals surface area (Å²) < 4.78 is 9.32. The molecule has 0 aromatic rings. The lowest BCUT2D eigenvalue weighted by Gasteiger charge is -2.24. The van der Waals surface area contributed by atoms with Gasteiger partial charge in [0.15, 0.2) is 0 Å². The minimum absolute atomic E-state index is 0.0474. The van der Waals surface area contributed by atoms with Crippen LogP contribution in [0.5, 0.6) is 0 Å². The van der Waals surface area contributed by atoms with E-state index in [1.807, 2.05) is 20.8 Å². The number of methoxy groups -OCH3 is 2. The topological polar surface area (TPSA) is 64.6 Å². The molecule has 2 unspecified atom stereocenters. The van der Waals surface area contributed by atoms with Crippen LogP contribution in [0.25, 0.3) is 0 Å². The summed E-state index contributed by atoms with van der Waals surface area (Å²) in [5.74, 6) is -0.680. The van der Waals surface area contributed by atoms with Crippen LogP contribution in [0, 0.1) is 5.92 Å². The highest BCUT2D eigenvalue weighted by atomic mass is 16.5. The Kier molecular flexibility index (Phi) is 6.72. The molecule has 16 heavy (non-hydrogen) atoms. The third-order valence-corrected chi connectivity index (χ3v) is 2.40. The van der Waals surface area contributed by atoms with Crippen LogP contribution in [0.1, 0.15) is 27.2 Å². The van der Waals surface area contributed by atoms with Crippen molar-refractivity contribution >= 4 is 11.9 Å². The summed E-state index contributed by atoms with van der Waals surface area (Å²) >= 11 is 0. The first-order valence-electron chi connectivity index (χ1n) is 5.39. The molecular formula is C11H21NO4. The van der Waals surface area contributed by atoms with Gasteiger partial charge in [0.25, 0.3) is 0 Å². The van der Waals surface area contributed by atoms with Gasteiger partial charge in [-0.1, -0.05) is 20.8 Å². The van der Waals surface area contributed by atoms with Crippen molar-refractivity contribution in [2.24, 2.45) is 5.92 Å². The van der Waals surface area contributed by atoms with Crippen molar-refractivity contribution in [2.75, 3.05) is 14.2 Å². The fraction of sp³-hybridized carbons (Fsp3) is 0.818. The molecule has 0 aromatic heterocycles. The van der Waals surface area contributed by atoms with Crippen LogP contribution in [0.4, 0.5) is 0 Å². The van der Waals surface area contributed by atoms with Crippen LogP contribution in [-0.4, -0.2) is 38.2 Å². The summed E-state index contributed by atoms with van der Waals surface area (Å²) in [6.45, 7) is 5.63. The number of nitrogens with one attached hydrogen (secondary N) is 1. The molecule has 2 atom stereocenters. The van der Waals surface area contributed by atoms with E-state index in [-0.39, 0.29) is 17.9 Å². The highest BCUT2D eigenvalue weighted by Crippen LogP contribution is 2.07. The smallest absolute Gasteiger partial charge is 0.323 e. The average Bonchev–Trinajstić information content (AvgIpc) is 2.28. The van der Waals surface area contributed by atoms with E-state index in [1.165, 1.54) is 14.2 Å². The molecule has 0 rings (SSSR count). The molecule has 0 bridgehead atoms. The van der Waals surface area contributed by atoms with Gasteiger partial charge >= 0.3 is 11.9 Å². The van der Waals surface area contributed by atoms with E-state index in [4.69, 9.17) is 0 Å². The average molecular weight is 231 g/mol. The normalized spacial score (nSPS) is 14.4. The Balaban J connectivity index is 4.59. The van der Waals surface area contributed by atoms with E-state index < -0.39 is 12.1 Å². The van der Waals surface area contributed by atoms with Crippen LogP contribution in [-0.2, 0) is 19.1 Å². The minimum Gasteiger partial charge on any atom is -0.468 e. The van der Waals surface area contributed by atoms with Crippen molar-refractivity contribution in [3.05, 3.63) is 0 Å². The molecule has 0 aliphatic carbocycles. The first-order valence-corrected chi connectivity index (χ1v) is 5.39. The maximum atomic E-state index is 11.5. The Hall–Kier alpha value is -1.10. The molecule has 0 fully saturated rings. The second-order valence-corrected chi connectivity index (χ2v) is 3.90. The zero-order valence-corrected chi connectivity index (χ0v) is 10.6. The Morgan fingerprint density at radius 2 is 1.62 bits per heavy atom. The molecule has 0 saturated carbocycles. The van der Waals surface area contributed by atoms with Gasteiger partial charge < -0.3 is 9.47 Å². The molecule has 0 radical (unpaired) electrons. The van der Waals surface area contributed by atoms with Gasteiger partial charge in [0.2, 0.25) is 0 Å². The second kappa shape index (κ2) is 7.22. The molecule has 94 valence electrons. The van der Waals surface area contributed by atoms with Gasteiger partial charge in [-0.2, -0.15) is 0 Å². The van der Waals surface area contributed by atoms with Crippen molar-refractivity contribution in [1.82, 2.24) is 5.32 Å². The Morgan fingerprint density at radius 3 is 1.94 bits per heavy atom. The van der Waals surface area contributed by atoms with E-state index in [9.17, 15) is 9.59 Å². The minimum atomic E-state index is -0.492. The van der Waals surface area contributed by atoms with Gasteiger partial charge in [-0.3, -0.25) is 14.9 Å². The summed E-state index contributed by atoms with van der Waals surface area (Å²) in [6, 6.07) is -0.967. The maximum Gasteiger partial charge on any atom is 0.323 e. The maximum absolute atomic E-state index is 11.5. The first kappa shape index (κ1) is 14.9. The first-order chi connectivity index (χ1) is 7.47. The standard InChI is InChI=1S/C11H21NO4/c1-6-8(10(13)15-4)12-9(7(2)3)11(14)16-5/h7-9,12H,6H2,1-5H3. The zero-order valence-electron chi connectivity index (χ0n) is 10.6. The summed E-state index contributed by atoms with van der Waals surface area (Å²) in [5.41, 5.74) is 0. The van der Waals surface area contributed by atoms with Crippen LogP contribution in [0.15, 0.2) is 0 Å². The van der Waals surface area contributed by atoms with Gasteiger partial charge in [-0.05, 0) is 12.3 Å². The van der Waals surface area contributed by atoms with Gasteiger partial charge in [0, 0.05) is 0 Å². The van der Waals surface area contributed by atoms with Crippen LogP contribution < -0.4 is 5.32 Å². The summed E-state index contributed by atoms with van der Waals surface area (Å²) in [5, 5.41) is 2.96. The molecule has 0 spiro atoms. The number of hydrogen-bond acceptors (Lipinski definition) is 5. The summed E-state index contributed by atoms with van der Waals surface area (Å²) in [7, 11) is 2.66. The van der Waals surface area contributed by atoms with E-state index >= 15 is 0 Å². The van der Waals surface area contributed by atoms with Crippen molar-refractivity contribution in [3.63, 3.8) is 0 Å². The lowest BCUT2D eigenvalue weighted by molar-refractivity contribution is -0.147. The molecule has 0 amide bonds. The predicted molar refractivity (Wildman–Crippen MR) is 59.9 cm³/mol. The molecule has 0 saturated heterocycles. The monoisotopic (exact) mass is 231 g/mol. The van der Waals surface area contributed by atoms with Gasteiger partial charge in [-0.15, -0.1) is 0 Å². The molecule has 0 aliphatic rings. The fourth-order valence-electron chi connectivity index (χ4n) is 1.37. The lowest BCUT2D eigenvalue weighted by Crippen LogP contribution is -2.50. The highest BCUT2D eigenvalue weighted by Gasteiger charge is 2.28. The molecule has 0 heterocycles. The van der Waals surface area contributed by atoms with Gasteiger partial charge in [-0.25, -0.2) is 0 Å². The zero-order chi connectivity index (χ0) is 12.7. The number of carbonyl (C=O) groups excluding carboxylic acids is 2. The molecule has 0 aliphatic heterocycles. The Morgan fingerprint density at radius 1 is 1.12 bits per heavy atom. The summed E-state index contributed by atoms with van der Waals surface area (Å²) in [4.78, 5) is 22.9. The summed E-state index contributed by atoms with van der Waals surface area (Å²) in [6.07, 6.45) is 0.562. The van der Waals surface area contributed by atoms with E-state index in [1.54, 1.807) is 0 Å². The lowest BCUT2D eigenvalue weighted by atomic mass is 10.0. The number of ether oxygens (including phenoxy) is 2. The molecule has 5 nitrogen and oxygen atoms in total. The Bertz CT molecular complexity index is 240. The van der Waals surface area contributed by atoms with E-state index in [0.29, 0.717) is 6.42 Å². The third-order valence-electron chi connectivity index (χ3n) is 2.40. The van der Waals surface area contributed by atoms with Crippen molar-refractivity contribution in [1.29, 1.82) is 0 Å². The van der Waals surface area contributed by atoms with Crippen LogP contribution >= 0.6 is 0 Å². The van der Waals surface area contributed by atoms with Gasteiger partial charge in [0.1, 0.15) is 12.1 Å². The van der Waals surface area contributed by atoms with Crippen molar-refractivity contribution in [3.8, 4) is 0 Å². The van der Waals surface area contributed by atoms with Crippen LogP contribution in [0.3, 0.4) is 0 Å². The number of hydrogen-bond donors (Lipinski definition) is 1. The van der Waals surface area contributed by atoms with Crippen LogP contribution in [0.2, 0.25) is 0 Å². The van der Waals surface area contributed by atoms with Gasteiger partial charge in [0.05, 0.1) is 14.2 Å². The SMILES string of the molecule is CCC(NC(C(=O)OC)C(C)C)C(=O)OC. The number of esters is 2. The van der Waals surface area contributed by atoms with E-state index in [0.717, 1.165) is 0 Å². The third kappa shape index (κ3) is 4.18. The highest BCUT2D eigenvalue weighted by molar-refractivity contribution is 5.79. The predicted octanol–water partition coefficient (Wildman–Crippen LogP) is 0.725. The molecular weight excluding hydrogens is 210 g/mol. The molecule has 5 heteroatoms. The second-order valence-electron chi connectivity index (χ2n) is 3.90. The number of rotatable bonds is 6. The molecule has 1 N–H and O–H groups in total. The number of carbonyl (C=O) groups is 2. The quantitative estimate of drug-likeness (QED) is 0.682. The van der Waals surface area contributed by atoms with Crippen molar-refractivity contribution in [2.45, 2.75) is 39.3 Å². The van der Waals surface area contributed by atoms with Crippen molar-refractivity contribution < 1.29 is 19.1 Å².